The highest BCUT2D eigenvalue weighted by Crippen LogP contribution is 2.21. The number of carbonyl (C=O) groups excluding carboxylic acids is 1. The Balaban J connectivity index is 1.78. The Morgan fingerprint density at radius 1 is 1.25 bits per heavy atom. The Kier molecular flexibility index (Phi) is 4.91. The van der Waals surface area contributed by atoms with E-state index in [0.29, 0.717) is 22.0 Å². The van der Waals surface area contributed by atoms with Gasteiger partial charge in [-0.05, 0) is 42.3 Å². The lowest BCUT2D eigenvalue weighted by Crippen LogP contribution is -2.28. The summed E-state index contributed by atoms with van der Waals surface area (Å²) in [6, 6.07) is 14.5. The number of halogens is 1. The van der Waals surface area contributed by atoms with E-state index in [1.807, 2.05) is 37.3 Å². The minimum Gasteiger partial charge on any atom is -0.423 e. The lowest BCUT2D eigenvalue weighted by Gasteiger charge is -2.17. The molecule has 1 N–H and O–H groups in total. The van der Waals surface area contributed by atoms with Crippen LogP contribution < -0.4 is 5.32 Å². The monoisotopic (exact) mass is 341 g/mol. The van der Waals surface area contributed by atoms with Gasteiger partial charge in [-0.25, -0.2) is 0 Å². The molecule has 0 radical (unpaired) electrons. The highest BCUT2D eigenvalue weighted by atomic mass is 35.5. The van der Waals surface area contributed by atoms with E-state index >= 15 is 0 Å². The van der Waals surface area contributed by atoms with Gasteiger partial charge in [0.05, 0.1) is 6.04 Å². The molecule has 0 bridgehead atoms. The fourth-order valence-corrected chi connectivity index (χ4v) is 2.58. The van der Waals surface area contributed by atoms with Gasteiger partial charge in [0.15, 0.2) is 0 Å². The van der Waals surface area contributed by atoms with E-state index in [4.69, 9.17) is 16.0 Å². The quantitative estimate of drug-likeness (QED) is 0.752. The molecule has 1 amide bonds. The third kappa shape index (κ3) is 3.63. The molecule has 0 saturated carbocycles. The van der Waals surface area contributed by atoms with Crippen LogP contribution in [0, 0.1) is 0 Å². The van der Waals surface area contributed by atoms with Gasteiger partial charge in [0.25, 0.3) is 5.91 Å². The van der Waals surface area contributed by atoms with Crippen LogP contribution in [0.4, 0.5) is 0 Å². The van der Waals surface area contributed by atoms with Gasteiger partial charge >= 0.3 is 0 Å². The smallest absolute Gasteiger partial charge is 0.251 e. The molecular weight excluding hydrogens is 326 g/mol. The first kappa shape index (κ1) is 16.2. The number of aromatic nitrogens is 2. The summed E-state index contributed by atoms with van der Waals surface area (Å²) in [6.45, 7) is 2.02. The number of nitrogens with one attached hydrogen (secondary N) is 1. The maximum atomic E-state index is 12.6. The fraction of sp³-hybridized carbons (Fsp3) is 0.167. The van der Waals surface area contributed by atoms with E-state index in [2.05, 4.69) is 15.5 Å². The van der Waals surface area contributed by atoms with Gasteiger partial charge in [0.2, 0.25) is 12.3 Å². The van der Waals surface area contributed by atoms with Crippen molar-refractivity contribution in [1.29, 1.82) is 0 Å². The van der Waals surface area contributed by atoms with E-state index in [0.717, 1.165) is 12.0 Å². The molecule has 0 unspecified atom stereocenters. The molecule has 0 aliphatic carbocycles. The van der Waals surface area contributed by atoms with Crippen molar-refractivity contribution in [3.05, 3.63) is 71.1 Å². The van der Waals surface area contributed by atoms with E-state index in [9.17, 15) is 4.79 Å². The van der Waals surface area contributed by atoms with Crippen LogP contribution in [0.25, 0.3) is 11.5 Å². The van der Waals surface area contributed by atoms with Gasteiger partial charge in [-0.2, -0.15) is 0 Å². The molecule has 122 valence electrons. The summed E-state index contributed by atoms with van der Waals surface area (Å²) in [7, 11) is 0. The average molecular weight is 342 g/mol. The van der Waals surface area contributed by atoms with Crippen LogP contribution in [0.5, 0.6) is 0 Å². The molecule has 0 fully saturated rings. The van der Waals surface area contributed by atoms with Crippen molar-refractivity contribution in [1.82, 2.24) is 15.5 Å². The fourth-order valence-electron chi connectivity index (χ4n) is 2.45. The maximum Gasteiger partial charge on any atom is 0.251 e. The summed E-state index contributed by atoms with van der Waals surface area (Å²) in [5.41, 5.74) is 2.26. The molecule has 3 aromatic rings. The van der Waals surface area contributed by atoms with Crippen LogP contribution in [0.15, 0.2) is 59.3 Å². The largest absolute Gasteiger partial charge is 0.423 e. The molecule has 2 aromatic carbocycles. The molecule has 6 heteroatoms. The Morgan fingerprint density at radius 2 is 2.04 bits per heavy atom. The lowest BCUT2D eigenvalue weighted by atomic mass is 10.0. The number of hydrogen-bond acceptors (Lipinski definition) is 4. The van der Waals surface area contributed by atoms with Gasteiger partial charge in [-0.3, -0.25) is 4.79 Å². The highest BCUT2D eigenvalue weighted by Gasteiger charge is 2.15. The molecule has 0 spiro atoms. The SMILES string of the molecule is CC[C@H](NC(=O)c1cccc(-c2nnco2)c1)c1ccc(Cl)cc1. The van der Waals surface area contributed by atoms with Crippen molar-refractivity contribution in [2.45, 2.75) is 19.4 Å². The van der Waals surface area contributed by atoms with Gasteiger partial charge in [-0.15, -0.1) is 10.2 Å². The second-order valence-electron chi connectivity index (χ2n) is 5.31. The van der Waals surface area contributed by atoms with Crippen LogP contribution in [0.2, 0.25) is 5.02 Å². The summed E-state index contributed by atoms with van der Waals surface area (Å²) in [6.07, 6.45) is 2.03. The molecule has 0 saturated heterocycles. The number of amides is 1. The lowest BCUT2D eigenvalue weighted by molar-refractivity contribution is 0.0935. The van der Waals surface area contributed by atoms with Crippen LogP contribution in [0.3, 0.4) is 0 Å². The summed E-state index contributed by atoms with van der Waals surface area (Å²) >= 11 is 5.92. The second kappa shape index (κ2) is 7.27. The summed E-state index contributed by atoms with van der Waals surface area (Å²) in [4.78, 5) is 12.6. The van der Waals surface area contributed by atoms with Crippen molar-refractivity contribution in [2.75, 3.05) is 0 Å². The molecule has 1 aromatic heterocycles. The Labute approximate surface area is 144 Å². The predicted octanol–water partition coefficient (Wildman–Crippen LogP) is 4.27. The molecule has 24 heavy (non-hydrogen) atoms. The molecule has 5 nitrogen and oxygen atoms in total. The van der Waals surface area contributed by atoms with E-state index in [1.54, 1.807) is 18.2 Å². The summed E-state index contributed by atoms with van der Waals surface area (Å²) in [5.74, 6) is 0.229. The van der Waals surface area contributed by atoms with Gasteiger partial charge in [-0.1, -0.05) is 36.7 Å². The van der Waals surface area contributed by atoms with Crippen LogP contribution in [0.1, 0.15) is 35.3 Å². The predicted molar refractivity (Wildman–Crippen MR) is 91.7 cm³/mol. The first-order valence-corrected chi connectivity index (χ1v) is 7.98. The Bertz CT molecular complexity index is 817. The molecular formula is C18H16ClN3O2. The van der Waals surface area contributed by atoms with E-state index in [1.165, 1.54) is 6.39 Å². The minimum absolute atomic E-state index is 0.0816. The first-order chi connectivity index (χ1) is 11.7. The molecule has 1 atom stereocenters. The van der Waals surface area contributed by atoms with Crippen molar-refractivity contribution in [3.8, 4) is 11.5 Å². The zero-order valence-electron chi connectivity index (χ0n) is 13.1. The highest BCUT2D eigenvalue weighted by molar-refractivity contribution is 6.30. The Morgan fingerprint density at radius 3 is 2.71 bits per heavy atom. The molecule has 3 rings (SSSR count). The average Bonchev–Trinajstić information content (AvgIpc) is 3.15. The van der Waals surface area contributed by atoms with Crippen molar-refractivity contribution >= 4 is 17.5 Å². The normalized spacial score (nSPS) is 11.9. The zero-order chi connectivity index (χ0) is 16.9. The van der Waals surface area contributed by atoms with Crippen molar-refractivity contribution in [2.24, 2.45) is 0 Å². The van der Waals surface area contributed by atoms with E-state index in [-0.39, 0.29) is 11.9 Å². The molecule has 1 heterocycles. The zero-order valence-corrected chi connectivity index (χ0v) is 13.8. The number of rotatable bonds is 5. The topological polar surface area (TPSA) is 68.0 Å². The number of hydrogen-bond donors (Lipinski definition) is 1. The number of nitrogens with zero attached hydrogens (tertiary/aromatic N) is 2. The standard InChI is InChI=1S/C18H16ClN3O2/c1-2-16(12-6-8-15(19)9-7-12)21-17(23)13-4-3-5-14(10-13)18-22-20-11-24-18/h3-11,16H,2H2,1H3,(H,21,23)/t16-/m0/s1. The van der Waals surface area contributed by atoms with Crippen LogP contribution in [-0.2, 0) is 0 Å². The van der Waals surface area contributed by atoms with Crippen molar-refractivity contribution in [3.63, 3.8) is 0 Å². The third-order valence-corrected chi connectivity index (χ3v) is 3.97. The minimum atomic E-state index is -0.154. The summed E-state index contributed by atoms with van der Waals surface area (Å²) < 4.78 is 5.17. The third-order valence-electron chi connectivity index (χ3n) is 3.72. The molecule has 0 aliphatic heterocycles. The first-order valence-electron chi connectivity index (χ1n) is 7.60. The van der Waals surface area contributed by atoms with Gasteiger partial charge < -0.3 is 9.73 Å². The maximum absolute atomic E-state index is 12.6. The summed E-state index contributed by atoms with van der Waals surface area (Å²) in [5, 5.41) is 11.2. The van der Waals surface area contributed by atoms with Crippen molar-refractivity contribution < 1.29 is 9.21 Å². The van der Waals surface area contributed by atoms with Crippen LogP contribution in [-0.4, -0.2) is 16.1 Å². The van der Waals surface area contributed by atoms with Gasteiger partial charge in [0, 0.05) is 16.1 Å². The van der Waals surface area contributed by atoms with Gasteiger partial charge in [0.1, 0.15) is 0 Å². The second-order valence-corrected chi connectivity index (χ2v) is 5.75. The number of benzene rings is 2. The number of carbonyl (C=O) groups is 1. The molecule has 0 aliphatic rings. The van der Waals surface area contributed by atoms with Crippen LogP contribution >= 0.6 is 11.6 Å². The van der Waals surface area contributed by atoms with E-state index < -0.39 is 0 Å². The Hall–Kier alpha value is -2.66.